The van der Waals surface area contributed by atoms with Crippen LogP contribution in [0.3, 0.4) is 0 Å². The van der Waals surface area contributed by atoms with Crippen molar-refractivity contribution in [1.29, 1.82) is 0 Å². The first kappa shape index (κ1) is 20.1. The predicted octanol–water partition coefficient (Wildman–Crippen LogP) is 4.65. The molecule has 4 aliphatic rings. The first-order chi connectivity index (χ1) is 14.3. The topological polar surface area (TPSA) is 49.4 Å². The van der Waals surface area contributed by atoms with Gasteiger partial charge in [-0.25, -0.2) is 0 Å². The first-order valence-corrected chi connectivity index (χ1v) is 12.0. The molecule has 1 aromatic carbocycles. The summed E-state index contributed by atoms with van der Waals surface area (Å²) in [6, 6.07) is 10.3. The molecule has 7 atom stereocenters. The summed E-state index contributed by atoms with van der Waals surface area (Å²) in [6.45, 7) is 4.92. The van der Waals surface area contributed by atoms with Gasteiger partial charge < -0.3 is 10.2 Å². The summed E-state index contributed by atoms with van der Waals surface area (Å²) in [5, 5.41) is 3.42. The number of nitrogens with zero attached hydrogens (tertiary/aromatic N) is 1. The molecule has 2 amide bonds. The normalized spacial score (nSPS) is 42.8. The van der Waals surface area contributed by atoms with Crippen molar-refractivity contribution in [1.82, 2.24) is 10.2 Å². The summed E-state index contributed by atoms with van der Waals surface area (Å²) in [5.74, 6) is 2.56. The van der Waals surface area contributed by atoms with Crippen LogP contribution in [0.1, 0.15) is 75.6 Å². The molecule has 0 spiro atoms. The third-order valence-corrected chi connectivity index (χ3v) is 9.90. The number of rotatable bonds is 2. The fourth-order valence-electron chi connectivity index (χ4n) is 8.22. The lowest BCUT2D eigenvalue weighted by molar-refractivity contribution is -0.157. The average Bonchev–Trinajstić information content (AvgIpc) is 3.08. The highest BCUT2D eigenvalue weighted by molar-refractivity contribution is 5.94. The summed E-state index contributed by atoms with van der Waals surface area (Å²) < 4.78 is 0. The van der Waals surface area contributed by atoms with E-state index in [1.54, 1.807) is 0 Å². The van der Waals surface area contributed by atoms with E-state index in [9.17, 15) is 9.59 Å². The van der Waals surface area contributed by atoms with Crippen molar-refractivity contribution in [2.24, 2.45) is 28.6 Å². The molecule has 1 heterocycles. The molecule has 0 aromatic heterocycles. The van der Waals surface area contributed by atoms with Gasteiger partial charge in [-0.05, 0) is 85.7 Å². The van der Waals surface area contributed by atoms with Crippen LogP contribution in [0.2, 0.25) is 0 Å². The van der Waals surface area contributed by atoms with E-state index in [2.05, 4.69) is 24.1 Å². The van der Waals surface area contributed by atoms with Gasteiger partial charge in [0.25, 0.3) is 5.91 Å². The smallest absolute Gasteiger partial charge is 0.251 e. The summed E-state index contributed by atoms with van der Waals surface area (Å²) in [6.07, 6.45) is 8.91. The molecule has 5 rings (SSSR count). The molecule has 0 radical (unpaired) electrons. The molecule has 1 N–H and O–H groups in total. The van der Waals surface area contributed by atoms with Crippen molar-refractivity contribution in [2.45, 2.75) is 77.3 Å². The minimum Gasteiger partial charge on any atom is -0.349 e. The van der Waals surface area contributed by atoms with Gasteiger partial charge in [0.15, 0.2) is 0 Å². The molecule has 0 bridgehead atoms. The number of amides is 2. The zero-order valence-electron chi connectivity index (χ0n) is 18.7. The molecule has 3 saturated carbocycles. The Morgan fingerprint density at radius 2 is 1.70 bits per heavy atom. The highest BCUT2D eigenvalue weighted by atomic mass is 16.2. The van der Waals surface area contributed by atoms with E-state index in [4.69, 9.17) is 0 Å². The van der Waals surface area contributed by atoms with Gasteiger partial charge in [-0.1, -0.05) is 32.0 Å². The van der Waals surface area contributed by atoms with Crippen LogP contribution in [0.4, 0.5) is 0 Å². The Hall–Kier alpha value is -1.84. The molecule has 3 aliphatic carbocycles. The van der Waals surface area contributed by atoms with Gasteiger partial charge in [-0.2, -0.15) is 0 Å². The van der Waals surface area contributed by atoms with E-state index in [0.717, 1.165) is 30.7 Å². The Kier molecular flexibility index (Phi) is 4.75. The number of likely N-dealkylation sites (tertiary alicyclic amines) is 1. The molecule has 4 nitrogen and oxygen atoms in total. The van der Waals surface area contributed by atoms with E-state index in [1.165, 1.54) is 25.7 Å². The Bertz CT molecular complexity index is 839. The van der Waals surface area contributed by atoms with Crippen molar-refractivity contribution in [3.05, 3.63) is 35.9 Å². The summed E-state index contributed by atoms with van der Waals surface area (Å²) in [5.41, 5.74) is 1.23. The maximum atomic E-state index is 12.9. The van der Waals surface area contributed by atoms with E-state index in [0.29, 0.717) is 30.2 Å². The van der Waals surface area contributed by atoms with Crippen LogP contribution in [-0.4, -0.2) is 35.8 Å². The zero-order chi connectivity index (χ0) is 21.1. The Balaban J connectivity index is 1.35. The molecule has 4 heteroatoms. The zero-order valence-corrected chi connectivity index (χ0v) is 18.7. The predicted molar refractivity (Wildman–Crippen MR) is 118 cm³/mol. The molecule has 162 valence electrons. The van der Waals surface area contributed by atoms with Gasteiger partial charge in [0, 0.05) is 31.1 Å². The first-order valence-electron chi connectivity index (χ1n) is 12.0. The number of carbonyl (C=O) groups excluding carboxylic acids is 2. The van der Waals surface area contributed by atoms with E-state index in [-0.39, 0.29) is 22.8 Å². The largest absolute Gasteiger partial charge is 0.349 e. The molecule has 2 unspecified atom stereocenters. The van der Waals surface area contributed by atoms with E-state index < -0.39 is 0 Å². The number of nitrogens with one attached hydrogen (secondary N) is 1. The van der Waals surface area contributed by atoms with Crippen LogP contribution in [0, 0.1) is 28.6 Å². The van der Waals surface area contributed by atoms with Crippen molar-refractivity contribution in [3.8, 4) is 0 Å². The molecule has 4 fully saturated rings. The number of hydrogen-bond acceptors (Lipinski definition) is 2. The number of benzene rings is 1. The Labute approximate surface area is 180 Å². The molecule has 1 aromatic rings. The Morgan fingerprint density at radius 1 is 0.967 bits per heavy atom. The quantitative estimate of drug-likeness (QED) is 0.774. The van der Waals surface area contributed by atoms with Gasteiger partial charge in [-0.3, -0.25) is 9.59 Å². The lowest BCUT2D eigenvalue weighted by atomic mass is 9.47. The third-order valence-electron chi connectivity index (χ3n) is 9.90. The second kappa shape index (κ2) is 7.10. The second-order valence-corrected chi connectivity index (χ2v) is 11.0. The number of fused-ring (bicyclic) bond motifs is 5. The lowest BCUT2D eigenvalue weighted by Gasteiger charge is -2.61. The van der Waals surface area contributed by atoms with Crippen LogP contribution >= 0.6 is 0 Å². The van der Waals surface area contributed by atoms with Crippen molar-refractivity contribution < 1.29 is 9.59 Å². The van der Waals surface area contributed by atoms with Gasteiger partial charge in [-0.15, -0.1) is 0 Å². The SMILES string of the molecule is CN1C(=O)CC[C@@]2(C)C1CC[C@@H]1[C@H]2CC[C@]2(C)C(NC(=O)c3ccccc3)CC[C@@H]12. The lowest BCUT2D eigenvalue weighted by Crippen LogP contribution is -2.62. The highest BCUT2D eigenvalue weighted by Gasteiger charge is 2.61. The van der Waals surface area contributed by atoms with Crippen LogP contribution in [0.5, 0.6) is 0 Å². The van der Waals surface area contributed by atoms with Gasteiger partial charge in [0.2, 0.25) is 5.91 Å². The number of piperidine rings is 1. The maximum absolute atomic E-state index is 12.9. The summed E-state index contributed by atoms with van der Waals surface area (Å²) in [4.78, 5) is 27.3. The minimum atomic E-state index is 0.0766. The van der Waals surface area contributed by atoms with Crippen LogP contribution < -0.4 is 5.32 Å². The fraction of sp³-hybridized carbons (Fsp3) is 0.692. The van der Waals surface area contributed by atoms with E-state index >= 15 is 0 Å². The number of carbonyl (C=O) groups is 2. The van der Waals surface area contributed by atoms with Crippen LogP contribution in [0.25, 0.3) is 0 Å². The highest BCUT2D eigenvalue weighted by Crippen LogP contribution is 2.64. The summed E-state index contributed by atoms with van der Waals surface area (Å²) in [7, 11) is 2.03. The Morgan fingerprint density at radius 3 is 2.47 bits per heavy atom. The van der Waals surface area contributed by atoms with Gasteiger partial charge >= 0.3 is 0 Å². The number of hydrogen-bond donors (Lipinski definition) is 1. The van der Waals surface area contributed by atoms with Gasteiger partial charge in [0.05, 0.1) is 0 Å². The average molecular weight is 409 g/mol. The van der Waals surface area contributed by atoms with Crippen LogP contribution in [-0.2, 0) is 4.79 Å². The molecule has 1 saturated heterocycles. The second-order valence-electron chi connectivity index (χ2n) is 11.0. The van der Waals surface area contributed by atoms with Gasteiger partial charge in [0.1, 0.15) is 0 Å². The van der Waals surface area contributed by atoms with Crippen molar-refractivity contribution in [3.63, 3.8) is 0 Å². The monoisotopic (exact) mass is 408 g/mol. The summed E-state index contributed by atoms with van der Waals surface area (Å²) >= 11 is 0. The van der Waals surface area contributed by atoms with Crippen LogP contribution in [0.15, 0.2) is 30.3 Å². The maximum Gasteiger partial charge on any atom is 0.251 e. The molecule has 1 aliphatic heterocycles. The van der Waals surface area contributed by atoms with Crippen molar-refractivity contribution in [2.75, 3.05) is 7.05 Å². The van der Waals surface area contributed by atoms with E-state index in [1.807, 2.05) is 37.4 Å². The molecular formula is C26H36N2O2. The van der Waals surface area contributed by atoms with Crippen molar-refractivity contribution >= 4 is 11.8 Å². The standard InChI is InChI=1S/C26H36N2O2/c1-25-15-13-20-18(9-12-22-26(20,2)16-14-23(29)28(22)3)19(25)10-11-21(25)27-24(30)17-7-5-4-6-8-17/h4-8,18-22H,9-16H2,1-3H3,(H,27,30)/t18-,19-,20+,21?,22?,25-,26+/m0/s1. The third kappa shape index (κ3) is 2.85. The minimum absolute atomic E-state index is 0.0766. The molecule has 30 heavy (non-hydrogen) atoms. The fourth-order valence-corrected chi connectivity index (χ4v) is 8.22. The molecular weight excluding hydrogens is 372 g/mol.